The van der Waals surface area contributed by atoms with Crippen molar-refractivity contribution in [1.29, 1.82) is 0 Å². The predicted octanol–water partition coefficient (Wildman–Crippen LogP) is 4.12. The van der Waals surface area contributed by atoms with Crippen molar-refractivity contribution < 1.29 is 27.4 Å². The molecule has 0 bridgehead atoms. The van der Waals surface area contributed by atoms with Gasteiger partial charge in [-0.2, -0.15) is 13.2 Å². The van der Waals surface area contributed by atoms with Crippen LogP contribution in [-0.4, -0.2) is 58.5 Å². The number of rotatable bonds is 5. The van der Waals surface area contributed by atoms with Crippen molar-refractivity contribution in [3.8, 4) is 0 Å². The fourth-order valence-corrected chi connectivity index (χ4v) is 4.71. The van der Waals surface area contributed by atoms with Crippen molar-refractivity contribution in [3.63, 3.8) is 0 Å². The molecule has 1 aliphatic carbocycles. The topological polar surface area (TPSA) is 54.0 Å². The number of ether oxygens (including phenoxy) is 2. The molecule has 182 valence electrons. The predicted molar refractivity (Wildman–Crippen MR) is 123 cm³/mol. The number of hydrogen-bond acceptors (Lipinski definition) is 5. The smallest absolute Gasteiger partial charge is 0.378 e. The van der Waals surface area contributed by atoms with E-state index in [4.69, 9.17) is 9.47 Å². The Morgan fingerprint density at radius 3 is 2.12 bits per heavy atom. The maximum Gasteiger partial charge on any atom is 0.416 e. The monoisotopic (exact) mass is 475 g/mol. The second-order valence-corrected chi connectivity index (χ2v) is 8.96. The average molecular weight is 476 g/mol. The van der Waals surface area contributed by atoms with Gasteiger partial charge < -0.3 is 24.6 Å². The van der Waals surface area contributed by atoms with E-state index in [9.17, 15) is 18.0 Å². The van der Waals surface area contributed by atoms with Crippen molar-refractivity contribution in [3.05, 3.63) is 53.6 Å². The van der Waals surface area contributed by atoms with Gasteiger partial charge in [0.2, 0.25) is 5.91 Å². The molecule has 5 rings (SSSR count). The van der Waals surface area contributed by atoms with Crippen LogP contribution in [0.1, 0.15) is 23.5 Å². The van der Waals surface area contributed by atoms with Gasteiger partial charge in [-0.05, 0) is 48.2 Å². The third-order valence-corrected chi connectivity index (χ3v) is 6.76. The zero-order chi connectivity index (χ0) is 23.7. The Kier molecular flexibility index (Phi) is 6.40. The lowest BCUT2D eigenvalue weighted by molar-refractivity contribution is -0.137. The van der Waals surface area contributed by atoms with Gasteiger partial charge in [0.05, 0.1) is 43.4 Å². The number of benzene rings is 2. The number of morpholine rings is 2. The van der Waals surface area contributed by atoms with Crippen molar-refractivity contribution >= 4 is 23.0 Å². The summed E-state index contributed by atoms with van der Waals surface area (Å²) in [6, 6.07) is 11.2. The summed E-state index contributed by atoms with van der Waals surface area (Å²) >= 11 is 0. The normalized spacial score (nSPS) is 23.0. The number of halogens is 3. The first-order chi connectivity index (χ1) is 16.4. The standard InChI is InChI=1S/C25H28F3N3O3/c26-25(27,28)18-3-1-17(2-4-18)20-16-21(20)24(32)29-22-6-5-19(30-7-11-33-12-8-30)15-23(22)31-9-13-34-14-10-31/h1-6,15,20-21H,7-14,16H2,(H,29,32). The van der Waals surface area contributed by atoms with E-state index in [1.54, 1.807) is 0 Å². The Hall–Kier alpha value is -2.78. The average Bonchev–Trinajstić information content (AvgIpc) is 3.66. The number of hydrogen-bond donors (Lipinski definition) is 1. The van der Waals surface area contributed by atoms with Crippen molar-refractivity contribution in [2.75, 3.05) is 67.7 Å². The molecule has 9 heteroatoms. The van der Waals surface area contributed by atoms with E-state index in [2.05, 4.69) is 21.2 Å². The summed E-state index contributed by atoms with van der Waals surface area (Å²) < 4.78 is 49.5. The molecule has 0 spiro atoms. The molecule has 2 heterocycles. The Labute approximate surface area is 196 Å². The molecule has 0 radical (unpaired) electrons. The van der Waals surface area contributed by atoms with Crippen LogP contribution in [0, 0.1) is 5.92 Å². The van der Waals surface area contributed by atoms with Gasteiger partial charge in [0.25, 0.3) is 0 Å². The van der Waals surface area contributed by atoms with Crippen LogP contribution in [0.15, 0.2) is 42.5 Å². The van der Waals surface area contributed by atoms with Gasteiger partial charge in [-0.15, -0.1) is 0 Å². The summed E-state index contributed by atoms with van der Waals surface area (Å²) in [5, 5.41) is 3.09. The van der Waals surface area contributed by atoms with Gasteiger partial charge in [-0.3, -0.25) is 4.79 Å². The fourth-order valence-electron chi connectivity index (χ4n) is 4.71. The number of nitrogens with one attached hydrogen (secondary N) is 1. The van der Waals surface area contributed by atoms with Crippen LogP contribution in [0.3, 0.4) is 0 Å². The van der Waals surface area contributed by atoms with Crippen molar-refractivity contribution in [2.45, 2.75) is 18.5 Å². The number of carbonyl (C=O) groups excluding carboxylic acids is 1. The molecule has 1 amide bonds. The lowest BCUT2D eigenvalue weighted by atomic mass is 10.1. The summed E-state index contributed by atoms with van der Waals surface area (Å²) in [6.07, 6.45) is -3.72. The summed E-state index contributed by atoms with van der Waals surface area (Å²) in [5.74, 6) is -0.395. The van der Waals surface area contributed by atoms with Crippen LogP contribution in [0.2, 0.25) is 0 Å². The number of amides is 1. The second kappa shape index (κ2) is 9.46. The Balaban J connectivity index is 1.30. The number of alkyl halides is 3. The third-order valence-electron chi connectivity index (χ3n) is 6.76. The highest BCUT2D eigenvalue weighted by Crippen LogP contribution is 2.48. The van der Waals surface area contributed by atoms with Crippen LogP contribution >= 0.6 is 0 Å². The molecule has 2 aliphatic heterocycles. The molecular formula is C25H28F3N3O3. The molecule has 2 saturated heterocycles. The molecule has 0 aromatic heterocycles. The maximum absolute atomic E-state index is 13.0. The molecular weight excluding hydrogens is 447 g/mol. The Morgan fingerprint density at radius 1 is 0.882 bits per heavy atom. The van der Waals surface area contributed by atoms with E-state index >= 15 is 0 Å². The van der Waals surface area contributed by atoms with E-state index in [0.29, 0.717) is 32.8 Å². The summed E-state index contributed by atoms with van der Waals surface area (Å²) in [6.45, 7) is 5.79. The number of nitrogens with zero attached hydrogens (tertiary/aromatic N) is 2. The molecule has 2 unspecified atom stereocenters. The molecule has 3 fully saturated rings. The van der Waals surface area contributed by atoms with E-state index in [-0.39, 0.29) is 17.7 Å². The van der Waals surface area contributed by atoms with Crippen molar-refractivity contribution in [1.82, 2.24) is 0 Å². The van der Waals surface area contributed by atoms with Gasteiger partial charge in [0, 0.05) is 37.8 Å². The van der Waals surface area contributed by atoms with Gasteiger partial charge in [-0.25, -0.2) is 0 Å². The quantitative estimate of drug-likeness (QED) is 0.705. The zero-order valence-corrected chi connectivity index (χ0v) is 18.8. The minimum Gasteiger partial charge on any atom is -0.378 e. The fraction of sp³-hybridized carbons (Fsp3) is 0.480. The minimum absolute atomic E-state index is 0.0539. The van der Waals surface area contributed by atoms with Crippen LogP contribution in [0.25, 0.3) is 0 Å². The van der Waals surface area contributed by atoms with Crippen LogP contribution in [-0.2, 0) is 20.4 Å². The van der Waals surface area contributed by atoms with Crippen molar-refractivity contribution in [2.24, 2.45) is 5.92 Å². The minimum atomic E-state index is -4.36. The molecule has 2 atom stereocenters. The Bertz CT molecular complexity index is 1020. The lowest BCUT2D eigenvalue weighted by Gasteiger charge is -2.33. The van der Waals surface area contributed by atoms with Crippen LogP contribution in [0.4, 0.5) is 30.2 Å². The lowest BCUT2D eigenvalue weighted by Crippen LogP contribution is -2.38. The molecule has 3 aliphatic rings. The summed E-state index contributed by atoms with van der Waals surface area (Å²) in [7, 11) is 0. The van der Waals surface area contributed by atoms with E-state index < -0.39 is 11.7 Å². The SMILES string of the molecule is O=C(Nc1ccc(N2CCOCC2)cc1N1CCOCC1)C1CC1c1ccc(C(F)(F)F)cc1. The maximum atomic E-state index is 13.0. The van der Waals surface area contributed by atoms with Gasteiger partial charge in [0.15, 0.2) is 0 Å². The van der Waals surface area contributed by atoms with Crippen LogP contribution < -0.4 is 15.1 Å². The summed E-state index contributed by atoms with van der Waals surface area (Å²) in [5.41, 5.74) is 2.91. The van der Waals surface area contributed by atoms with E-state index in [1.165, 1.54) is 12.1 Å². The number of anilines is 3. The first kappa shape index (κ1) is 23.0. The zero-order valence-electron chi connectivity index (χ0n) is 18.8. The van der Waals surface area contributed by atoms with Gasteiger partial charge in [0.1, 0.15) is 0 Å². The van der Waals surface area contributed by atoms with Crippen LogP contribution in [0.5, 0.6) is 0 Å². The highest BCUT2D eigenvalue weighted by Gasteiger charge is 2.44. The van der Waals surface area contributed by atoms with Gasteiger partial charge in [-0.1, -0.05) is 12.1 Å². The Morgan fingerprint density at radius 2 is 1.50 bits per heavy atom. The molecule has 34 heavy (non-hydrogen) atoms. The first-order valence-corrected chi connectivity index (χ1v) is 11.7. The molecule has 1 saturated carbocycles. The van der Waals surface area contributed by atoms with Gasteiger partial charge >= 0.3 is 6.18 Å². The highest BCUT2D eigenvalue weighted by molar-refractivity contribution is 5.98. The third kappa shape index (κ3) is 5.00. The molecule has 2 aromatic rings. The molecule has 6 nitrogen and oxygen atoms in total. The largest absolute Gasteiger partial charge is 0.416 e. The summed E-state index contributed by atoms with van der Waals surface area (Å²) in [4.78, 5) is 17.5. The second-order valence-electron chi connectivity index (χ2n) is 8.96. The number of carbonyl (C=O) groups is 1. The molecule has 2 aromatic carbocycles. The molecule has 1 N–H and O–H groups in total. The first-order valence-electron chi connectivity index (χ1n) is 11.7. The highest BCUT2D eigenvalue weighted by atomic mass is 19.4. The van der Waals surface area contributed by atoms with E-state index in [0.717, 1.165) is 60.9 Å². The van der Waals surface area contributed by atoms with E-state index in [1.807, 2.05) is 12.1 Å².